The Morgan fingerprint density at radius 3 is 2.76 bits per heavy atom. The van der Waals surface area contributed by atoms with Crippen molar-refractivity contribution in [1.29, 1.82) is 0 Å². The van der Waals surface area contributed by atoms with Crippen molar-refractivity contribution in [1.82, 2.24) is 10.6 Å². The normalized spacial score (nSPS) is 30.8. The van der Waals surface area contributed by atoms with Crippen LogP contribution < -0.4 is 10.6 Å². The van der Waals surface area contributed by atoms with E-state index in [1.165, 1.54) is 19.3 Å². The zero-order valence-corrected chi connectivity index (χ0v) is 11.5. The standard InChI is InChI=1S/C12H24N2O2S/c1-12(4-2-5-12)10-13-6-3-11-9-17(15,16)8-7-14-11/h11,13-14H,2-10H2,1H3. The fourth-order valence-corrected chi connectivity index (χ4v) is 4.17. The third-order valence-electron chi connectivity index (χ3n) is 4.08. The molecule has 17 heavy (non-hydrogen) atoms. The summed E-state index contributed by atoms with van der Waals surface area (Å²) in [5, 5.41) is 6.75. The van der Waals surface area contributed by atoms with E-state index < -0.39 is 9.84 Å². The molecule has 100 valence electrons. The zero-order chi connectivity index (χ0) is 12.4. The summed E-state index contributed by atoms with van der Waals surface area (Å²) in [6, 6.07) is 0.149. The quantitative estimate of drug-likeness (QED) is 0.709. The molecule has 0 radical (unpaired) electrons. The van der Waals surface area contributed by atoms with Crippen molar-refractivity contribution in [3.05, 3.63) is 0 Å². The van der Waals surface area contributed by atoms with Crippen molar-refractivity contribution in [3.63, 3.8) is 0 Å². The van der Waals surface area contributed by atoms with Crippen molar-refractivity contribution in [2.45, 2.75) is 38.6 Å². The summed E-state index contributed by atoms with van der Waals surface area (Å²) in [7, 11) is -2.78. The lowest BCUT2D eigenvalue weighted by atomic mass is 9.70. The molecule has 1 unspecified atom stereocenters. The lowest BCUT2D eigenvalue weighted by molar-refractivity contribution is 0.156. The highest BCUT2D eigenvalue weighted by Gasteiger charge is 2.31. The Bertz CT molecular complexity index is 350. The molecular weight excluding hydrogens is 236 g/mol. The van der Waals surface area contributed by atoms with Gasteiger partial charge < -0.3 is 10.6 Å². The van der Waals surface area contributed by atoms with Gasteiger partial charge in [-0.1, -0.05) is 13.3 Å². The van der Waals surface area contributed by atoms with E-state index in [0.717, 1.165) is 19.5 Å². The molecule has 1 saturated carbocycles. The maximum atomic E-state index is 11.4. The highest BCUT2D eigenvalue weighted by Crippen LogP contribution is 2.39. The van der Waals surface area contributed by atoms with E-state index in [9.17, 15) is 8.42 Å². The molecule has 2 rings (SSSR count). The summed E-state index contributed by atoms with van der Waals surface area (Å²) in [6.07, 6.45) is 4.93. The molecule has 0 aromatic carbocycles. The van der Waals surface area contributed by atoms with Gasteiger partial charge in [-0.15, -0.1) is 0 Å². The van der Waals surface area contributed by atoms with E-state index in [1.54, 1.807) is 0 Å². The van der Waals surface area contributed by atoms with Crippen LogP contribution in [0.25, 0.3) is 0 Å². The van der Waals surface area contributed by atoms with Gasteiger partial charge in [0.05, 0.1) is 11.5 Å². The lowest BCUT2D eigenvalue weighted by Crippen LogP contribution is -2.46. The number of hydrogen-bond acceptors (Lipinski definition) is 4. The monoisotopic (exact) mass is 260 g/mol. The number of nitrogens with one attached hydrogen (secondary N) is 2. The molecule has 2 aliphatic rings. The fraction of sp³-hybridized carbons (Fsp3) is 1.00. The van der Waals surface area contributed by atoms with Gasteiger partial charge in [0.25, 0.3) is 0 Å². The summed E-state index contributed by atoms with van der Waals surface area (Å²) in [4.78, 5) is 0. The summed E-state index contributed by atoms with van der Waals surface area (Å²) in [5.41, 5.74) is 0.506. The molecule has 5 heteroatoms. The van der Waals surface area contributed by atoms with Gasteiger partial charge in [-0.25, -0.2) is 8.42 Å². The van der Waals surface area contributed by atoms with Crippen molar-refractivity contribution in [3.8, 4) is 0 Å². The van der Waals surface area contributed by atoms with E-state index in [4.69, 9.17) is 0 Å². The van der Waals surface area contributed by atoms with Crippen LogP contribution in [-0.2, 0) is 9.84 Å². The first-order valence-electron chi connectivity index (χ1n) is 6.64. The van der Waals surface area contributed by atoms with Crippen LogP contribution in [0.1, 0.15) is 32.6 Å². The molecular formula is C12H24N2O2S. The lowest BCUT2D eigenvalue weighted by Gasteiger charge is -2.38. The maximum Gasteiger partial charge on any atom is 0.153 e. The smallest absolute Gasteiger partial charge is 0.153 e. The minimum absolute atomic E-state index is 0.149. The molecule has 1 saturated heterocycles. The van der Waals surface area contributed by atoms with Crippen molar-refractivity contribution in [2.24, 2.45) is 5.41 Å². The van der Waals surface area contributed by atoms with Crippen molar-refractivity contribution >= 4 is 9.84 Å². The third-order valence-corrected chi connectivity index (χ3v) is 5.82. The highest BCUT2D eigenvalue weighted by molar-refractivity contribution is 7.91. The van der Waals surface area contributed by atoms with E-state index in [-0.39, 0.29) is 6.04 Å². The van der Waals surface area contributed by atoms with E-state index in [1.807, 2.05) is 0 Å². The van der Waals surface area contributed by atoms with Crippen molar-refractivity contribution in [2.75, 3.05) is 31.1 Å². The van der Waals surface area contributed by atoms with Crippen LogP contribution in [0.2, 0.25) is 0 Å². The summed E-state index contributed by atoms with van der Waals surface area (Å²) in [5.74, 6) is 0.612. The third kappa shape index (κ3) is 3.93. The van der Waals surface area contributed by atoms with E-state index in [0.29, 0.717) is 23.5 Å². The molecule has 0 aromatic heterocycles. The molecule has 0 bridgehead atoms. The average Bonchev–Trinajstić information content (AvgIpc) is 2.20. The SMILES string of the molecule is CC1(CNCCC2CS(=O)(=O)CCN2)CCC1. The molecule has 0 amide bonds. The van der Waals surface area contributed by atoms with Crippen LogP contribution >= 0.6 is 0 Å². The van der Waals surface area contributed by atoms with E-state index in [2.05, 4.69) is 17.6 Å². The Morgan fingerprint density at radius 1 is 1.41 bits per heavy atom. The molecule has 2 fully saturated rings. The first-order chi connectivity index (χ1) is 7.99. The summed E-state index contributed by atoms with van der Waals surface area (Å²) < 4.78 is 22.9. The highest BCUT2D eigenvalue weighted by atomic mass is 32.2. The van der Waals surface area contributed by atoms with Gasteiger partial charge in [0, 0.05) is 19.1 Å². The second-order valence-electron chi connectivity index (χ2n) is 5.90. The number of sulfone groups is 1. The number of rotatable bonds is 5. The summed E-state index contributed by atoms with van der Waals surface area (Å²) >= 11 is 0. The summed E-state index contributed by atoms with van der Waals surface area (Å²) in [6.45, 7) is 4.94. The minimum Gasteiger partial charge on any atom is -0.316 e. The molecule has 0 aromatic rings. The van der Waals surface area contributed by atoms with Crippen LogP contribution in [0, 0.1) is 5.41 Å². The molecule has 2 N–H and O–H groups in total. The van der Waals surface area contributed by atoms with Crippen LogP contribution in [0.5, 0.6) is 0 Å². The Morgan fingerprint density at radius 2 is 2.18 bits per heavy atom. The predicted molar refractivity (Wildman–Crippen MR) is 69.9 cm³/mol. The molecule has 4 nitrogen and oxygen atoms in total. The van der Waals surface area contributed by atoms with Gasteiger partial charge in [-0.3, -0.25) is 0 Å². The Labute approximate surface area is 104 Å². The van der Waals surface area contributed by atoms with Gasteiger partial charge in [0.1, 0.15) is 0 Å². The Hall–Kier alpha value is -0.130. The predicted octanol–water partition coefficient (Wildman–Crippen LogP) is 0.543. The molecule has 1 heterocycles. The van der Waals surface area contributed by atoms with Crippen LogP contribution in [-0.4, -0.2) is 45.6 Å². The van der Waals surface area contributed by atoms with Gasteiger partial charge >= 0.3 is 0 Å². The molecule has 0 spiro atoms. The van der Waals surface area contributed by atoms with E-state index >= 15 is 0 Å². The van der Waals surface area contributed by atoms with Gasteiger partial charge in [-0.2, -0.15) is 0 Å². The van der Waals surface area contributed by atoms with Gasteiger partial charge in [-0.05, 0) is 31.2 Å². The average molecular weight is 260 g/mol. The van der Waals surface area contributed by atoms with Crippen LogP contribution in [0.3, 0.4) is 0 Å². The second kappa shape index (κ2) is 5.24. The van der Waals surface area contributed by atoms with Gasteiger partial charge in [0.15, 0.2) is 9.84 Å². The van der Waals surface area contributed by atoms with Crippen LogP contribution in [0.4, 0.5) is 0 Å². The number of hydrogen-bond donors (Lipinski definition) is 2. The largest absolute Gasteiger partial charge is 0.316 e. The van der Waals surface area contributed by atoms with Crippen molar-refractivity contribution < 1.29 is 8.42 Å². The Balaban J connectivity index is 1.62. The first-order valence-corrected chi connectivity index (χ1v) is 8.46. The topological polar surface area (TPSA) is 58.2 Å². The van der Waals surface area contributed by atoms with Crippen LogP contribution in [0.15, 0.2) is 0 Å². The molecule has 1 aliphatic heterocycles. The Kier molecular flexibility index (Phi) is 4.10. The van der Waals surface area contributed by atoms with Gasteiger partial charge in [0.2, 0.25) is 0 Å². The fourth-order valence-electron chi connectivity index (χ4n) is 2.68. The molecule has 1 aliphatic carbocycles. The minimum atomic E-state index is -2.78. The zero-order valence-electron chi connectivity index (χ0n) is 10.7. The molecule has 1 atom stereocenters. The maximum absolute atomic E-state index is 11.4. The second-order valence-corrected chi connectivity index (χ2v) is 8.12. The first kappa shape index (κ1) is 13.3.